The van der Waals surface area contributed by atoms with Gasteiger partial charge in [0.25, 0.3) is 0 Å². The number of Topliss-reactive ketones (excluding diaryl/α,β-unsaturated/α-hetero) is 1. The minimum Gasteiger partial charge on any atom is -0.491 e. The first kappa shape index (κ1) is 16.2. The van der Waals surface area contributed by atoms with E-state index in [1.807, 2.05) is 50.0 Å². The molecular weight excluding hydrogens is 286 g/mol. The molecule has 2 rings (SSSR count). The van der Waals surface area contributed by atoms with Crippen LogP contribution in [-0.4, -0.2) is 43.7 Å². The van der Waals surface area contributed by atoms with E-state index < -0.39 is 0 Å². The average molecular weight is 309 g/mol. The van der Waals surface area contributed by atoms with Crippen molar-refractivity contribution in [2.75, 3.05) is 37.9 Å². The molecule has 1 saturated heterocycles. The maximum atomic E-state index is 11.9. The summed E-state index contributed by atoms with van der Waals surface area (Å²) in [6.07, 6.45) is 1.16. The zero-order chi connectivity index (χ0) is 15.1. The van der Waals surface area contributed by atoms with Crippen LogP contribution in [0.25, 0.3) is 0 Å². The third kappa shape index (κ3) is 4.93. The summed E-state index contributed by atoms with van der Waals surface area (Å²) in [5, 5.41) is 3.56. The van der Waals surface area contributed by atoms with Crippen molar-refractivity contribution < 1.29 is 14.3 Å². The second-order valence-corrected chi connectivity index (χ2v) is 6.48. The molecule has 4 nitrogen and oxygen atoms in total. The Morgan fingerprint density at radius 3 is 2.95 bits per heavy atom. The number of nitrogens with one attached hydrogen (secondary N) is 1. The average Bonchev–Trinajstić information content (AvgIpc) is 2.45. The van der Waals surface area contributed by atoms with Crippen molar-refractivity contribution in [2.45, 2.75) is 18.6 Å². The van der Waals surface area contributed by atoms with E-state index in [1.165, 1.54) is 5.75 Å². The Morgan fingerprint density at radius 1 is 1.48 bits per heavy atom. The van der Waals surface area contributed by atoms with Crippen LogP contribution in [0.3, 0.4) is 0 Å². The zero-order valence-corrected chi connectivity index (χ0v) is 13.4. The van der Waals surface area contributed by atoms with Crippen LogP contribution >= 0.6 is 11.8 Å². The van der Waals surface area contributed by atoms with Gasteiger partial charge in [0.2, 0.25) is 0 Å². The van der Waals surface area contributed by atoms with E-state index in [4.69, 9.17) is 9.47 Å². The molecule has 1 aliphatic heterocycles. The maximum absolute atomic E-state index is 11.9. The molecule has 1 N–H and O–H groups in total. The number of hydrogen-bond donors (Lipinski definition) is 1. The summed E-state index contributed by atoms with van der Waals surface area (Å²) < 4.78 is 11.0. The van der Waals surface area contributed by atoms with Gasteiger partial charge in [0.1, 0.15) is 19.0 Å². The van der Waals surface area contributed by atoms with E-state index >= 15 is 0 Å². The lowest BCUT2D eigenvalue weighted by molar-refractivity contribution is -0.127. The summed E-state index contributed by atoms with van der Waals surface area (Å²) in [4.78, 5) is 11.9. The number of thioether (sulfide) groups is 1. The number of ether oxygens (including phenoxy) is 2. The van der Waals surface area contributed by atoms with Gasteiger partial charge in [-0.15, -0.1) is 0 Å². The Kier molecular flexibility index (Phi) is 6.39. The van der Waals surface area contributed by atoms with Crippen molar-refractivity contribution in [3.05, 3.63) is 24.3 Å². The standard InChI is InChI=1S/C16H23NO3S/c1-12(16-6-9-21-16)15(18)11-19-7-8-20-14-5-3-4-13(10-14)17-2/h3-5,10,12,16-17H,6-9,11H2,1-2H3. The zero-order valence-electron chi connectivity index (χ0n) is 12.6. The number of carbonyl (C=O) groups excluding carboxylic acids is 1. The maximum Gasteiger partial charge on any atom is 0.162 e. The molecule has 1 aliphatic rings. The fourth-order valence-electron chi connectivity index (χ4n) is 2.12. The van der Waals surface area contributed by atoms with E-state index in [1.54, 1.807) is 0 Å². The molecule has 0 radical (unpaired) electrons. The van der Waals surface area contributed by atoms with Crippen molar-refractivity contribution in [1.29, 1.82) is 0 Å². The Bertz CT molecular complexity index is 463. The van der Waals surface area contributed by atoms with Crippen LogP contribution in [0, 0.1) is 5.92 Å². The van der Waals surface area contributed by atoms with Crippen LogP contribution in [0.4, 0.5) is 5.69 Å². The monoisotopic (exact) mass is 309 g/mol. The van der Waals surface area contributed by atoms with Crippen LogP contribution in [-0.2, 0) is 9.53 Å². The molecule has 0 amide bonds. The quantitative estimate of drug-likeness (QED) is 0.711. The highest BCUT2D eigenvalue weighted by atomic mass is 32.2. The molecule has 2 atom stereocenters. The number of ketones is 1. The van der Waals surface area contributed by atoms with Crippen LogP contribution in [0.1, 0.15) is 13.3 Å². The lowest BCUT2D eigenvalue weighted by Crippen LogP contribution is -2.32. The van der Waals surface area contributed by atoms with Gasteiger partial charge >= 0.3 is 0 Å². The third-order valence-electron chi connectivity index (χ3n) is 3.66. The number of carbonyl (C=O) groups is 1. The predicted octanol–water partition coefficient (Wildman–Crippen LogP) is 2.83. The lowest BCUT2D eigenvalue weighted by atomic mass is 10.0. The first-order valence-corrected chi connectivity index (χ1v) is 8.38. The highest BCUT2D eigenvalue weighted by molar-refractivity contribution is 8.01. The highest BCUT2D eigenvalue weighted by Crippen LogP contribution is 2.34. The van der Waals surface area contributed by atoms with Crippen molar-refractivity contribution in [2.24, 2.45) is 5.92 Å². The second-order valence-electron chi connectivity index (χ2n) is 5.13. The number of hydrogen-bond acceptors (Lipinski definition) is 5. The Morgan fingerprint density at radius 2 is 2.29 bits per heavy atom. The largest absolute Gasteiger partial charge is 0.491 e. The van der Waals surface area contributed by atoms with Crippen molar-refractivity contribution in [3.8, 4) is 5.75 Å². The molecule has 1 fully saturated rings. The summed E-state index contributed by atoms with van der Waals surface area (Å²) in [5.74, 6) is 2.29. The fraction of sp³-hybridized carbons (Fsp3) is 0.562. The molecule has 116 valence electrons. The van der Waals surface area contributed by atoms with Gasteiger partial charge in [-0.05, 0) is 24.3 Å². The molecule has 2 unspecified atom stereocenters. The van der Waals surface area contributed by atoms with Gasteiger partial charge in [-0.25, -0.2) is 0 Å². The molecular formula is C16H23NO3S. The van der Waals surface area contributed by atoms with E-state index in [9.17, 15) is 4.79 Å². The van der Waals surface area contributed by atoms with Crippen molar-refractivity contribution >= 4 is 23.2 Å². The van der Waals surface area contributed by atoms with Gasteiger partial charge in [0, 0.05) is 30.0 Å². The fourth-order valence-corrected chi connectivity index (χ4v) is 3.07. The van der Waals surface area contributed by atoms with Gasteiger partial charge in [-0.3, -0.25) is 4.79 Å². The molecule has 0 aliphatic carbocycles. The Hall–Kier alpha value is -1.20. The molecule has 0 saturated carbocycles. The first-order valence-electron chi connectivity index (χ1n) is 7.33. The number of rotatable bonds is 9. The number of benzene rings is 1. The summed E-state index contributed by atoms with van der Waals surface area (Å²) in [7, 11) is 1.87. The van der Waals surface area contributed by atoms with Gasteiger partial charge < -0.3 is 14.8 Å². The van der Waals surface area contributed by atoms with E-state index in [-0.39, 0.29) is 18.3 Å². The molecule has 0 spiro atoms. The summed E-state index contributed by atoms with van der Waals surface area (Å²) in [6, 6.07) is 7.74. The molecule has 1 aromatic carbocycles. The van der Waals surface area contributed by atoms with Crippen molar-refractivity contribution in [1.82, 2.24) is 0 Å². The van der Waals surface area contributed by atoms with E-state index in [0.717, 1.165) is 17.9 Å². The molecule has 1 aromatic rings. The molecule has 0 bridgehead atoms. The first-order chi connectivity index (χ1) is 10.2. The Balaban J connectivity index is 1.60. The van der Waals surface area contributed by atoms with E-state index in [2.05, 4.69) is 5.32 Å². The lowest BCUT2D eigenvalue weighted by Gasteiger charge is -2.29. The third-order valence-corrected chi connectivity index (χ3v) is 5.21. The molecule has 5 heteroatoms. The van der Waals surface area contributed by atoms with Crippen molar-refractivity contribution in [3.63, 3.8) is 0 Å². The molecule has 0 aromatic heterocycles. The highest BCUT2D eigenvalue weighted by Gasteiger charge is 2.29. The number of anilines is 1. The van der Waals surface area contributed by atoms with Crippen LogP contribution in [0.2, 0.25) is 0 Å². The van der Waals surface area contributed by atoms with Crippen LogP contribution in [0.5, 0.6) is 5.75 Å². The molecule has 21 heavy (non-hydrogen) atoms. The second kappa shape index (κ2) is 8.29. The van der Waals surface area contributed by atoms with Gasteiger partial charge in [-0.2, -0.15) is 11.8 Å². The molecule has 1 heterocycles. The van der Waals surface area contributed by atoms with Gasteiger partial charge in [0.05, 0.1) is 6.61 Å². The minimum atomic E-state index is 0.108. The SMILES string of the molecule is CNc1cccc(OCCOCC(=O)C(C)C2CCS2)c1. The Labute approximate surface area is 130 Å². The van der Waals surface area contributed by atoms with Gasteiger partial charge in [0.15, 0.2) is 5.78 Å². The summed E-state index contributed by atoms with van der Waals surface area (Å²) >= 11 is 1.88. The summed E-state index contributed by atoms with van der Waals surface area (Å²) in [6.45, 7) is 3.08. The predicted molar refractivity (Wildman–Crippen MR) is 87.3 cm³/mol. The van der Waals surface area contributed by atoms with E-state index in [0.29, 0.717) is 18.5 Å². The topological polar surface area (TPSA) is 47.6 Å². The minimum absolute atomic E-state index is 0.108. The van der Waals surface area contributed by atoms with Gasteiger partial charge in [-0.1, -0.05) is 13.0 Å². The van der Waals surface area contributed by atoms with Crippen LogP contribution in [0.15, 0.2) is 24.3 Å². The summed E-state index contributed by atoms with van der Waals surface area (Å²) in [5.41, 5.74) is 1.01. The van der Waals surface area contributed by atoms with Crippen LogP contribution < -0.4 is 10.1 Å². The normalized spacial score (nSPS) is 18.7. The smallest absolute Gasteiger partial charge is 0.162 e.